The maximum atomic E-state index is 12.4. The second-order valence-corrected chi connectivity index (χ2v) is 6.56. The van der Waals surface area contributed by atoms with Gasteiger partial charge in [0.2, 0.25) is 0 Å². The van der Waals surface area contributed by atoms with Crippen molar-refractivity contribution in [1.29, 1.82) is 0 Å². The van der Waals surface area contributed by atoms with Crippen LogP contribution < -0.4 is 10.9 Å². The van der Waals surface area contributed by atoms with Gasteiger partial charge in [-0.05, 0) is 37.3 Å². The summed E-state index contributed by atoms with van der Waals surface area (Å²) in [5, 5.41) is 16.1. The Hall–Kier alpha value is -2.96. The number of hydrogen-bond donors (Lipinski definition) is 2. The molecule has 0 spiro atoms. The highest BCUT2D eigenvalue weighted by molar-refractivity contribution is 5.92. The van der Waals surface area contributed by atoms with Crippen LogP contribution in [0, 0.1) is 5.92 Å². The molecule has 1 aromatic heterocycles. The van der Waals surface area contributed by atoms with E-state index in [-0.39, 0.29) is 29.1 Å². The highest BCUT2D eigenvalue weighted by atomic mass is 16.4. The number of carbonyl (C=O) groups excluding carboxylic acids is 1. The first kappa shape index (κ1) is 17.8. The summed E-state index contributed by atoms with van der Waals surface area (Å²) in [7, 11) is 0. The zero-order chi connectivity index (χ0) is 18.5. The van der Waals surface area contributed by atoms with E-state index in [9.17, 15) is 14.4 Å². The topological polar surface area (TPSA) is 101 Å². The lowest BCUT2D eigenvalue weighted by Crippen LogP contribution is -2.39. The minimum absolute atomic E-state index is 0.0607. The van der Waals surface area contributed by atoms with Crippen LogP contribution in [0.1, 0.15) is 41.7 Å². The Labute approximate surface area is 150 Å². The van der Waals surface area contributed by atoms with Gasteiger partial charge in [-0.3, -0.25) is 14.4 Å². The molecule has 2 aromatic rings. The third-order valence-electron chi connectivity index (χ3n) is 4.69. The summed E-state index contributed by atoms with van der Waals surface area (Å²) in [6.45, 7) is 0.296. The maximum Gasteiger partial charge on any atom is 0.306 e. The number of carboxylic acid groups (broad SMARTS) is 1. The van der Waals surface area contributed by atoms with Gasteiger partial charge in [0.05, 0.1) is 12.5 Å². The maximum absolute atomic E-state index is 12.4. The van der Waals surface area contributed by atoms with E-state index in [4.69, 9.17) is 5.11 Å². The molecule has 1 fully saturated rings. The lowest BCUT2D eigenvalue weighted by Gasteiger charge is -2.26. The van der Waals surface area contributed by atoms with Crippen LogP contribution in [0.5, 0.6) is 0 Å². The Morgan fingerprint density at radius 1 is 1.08 bits per heavy atom. The molecular weight excluding hydrogens is 334 g/mol. The molecule has 136 valence electrons. The smallest absolute Gasteiger partial charge is 0.306 e. The van der Waals surface area contributed by atoms with Crippen molar-refractivity contribution >= 4 is 11.9 Å². The molecule has 26 heavy (non-hydrogen) atoms. The van der Waals surface area contributed by atoms with Crippen LogP contribution in [0.3, 0.4) is 0 Å². The summed E-state index contributed by atoms with van der Waals surface area (Å²) >= 11 is 0. The van der Waals surface area contributed by atoms with Gasteiger partial charge in [0.25, 0.3) is 11.5 Å². The zero-order valence-corrected chi connectivity index (χ0v) is 14.3. The van der Waals surface area contributed by atoms with Crippen molar-refractivity contribution in [2.75, 3.05) is 0 Å². The number of carbonyl (C=O) groups is 2. The summed E-state index contributed by atoms with van der Waals surface area (Å²) in [5.74, 6) is -1.44. The first-order valence-electron chi connectivity index (χ1n) is 8.68. The van der Waals surface area contributed by atoms with E-state index in [1.54, 1.807) is 0 Å². The molecule has 3 rings (SSSR count). The lowest BCUT2D eigenvalue weighted by molar-refractivity contribution is -0.142. The molecule has 1 amide bonds. The van der Waals surface area contributed by atoms with E-state index in [2.05, 4.69) is 10.4 Å². The van der Waals surface area contributed by atoms with Gasteiger partial charge in [0, 0.05) is 12.1 Å². The summed E-state index contributed by atoms with van der Waals surface area (Å²) in [6.07, 6.45) is 2.38. The van der Waals surface area contributed by atoms with Gasteiger partial charge in [-0.2, -0.15) is 5.10 Å². The lowest BCUT2D eigenvalue weighted by atomic mass is 9.86. The minimum atomic E-state index is -0.774. The summed E-state index contributed by atoms with van der Waals surface area (Å²) in [6, 6.07) is 12.1. The number of benzene rings is 1. The van der Waals surface area contributed by atoms with Crippen LogP contribution in [0.4, 0.5) is 0 Å². The van der Waals surface area contributed by atoms with E-state index in [0.717, 1.165) is 5.56 Å². The minimum Gasteiger partial charge on any atom is -0.481 e. The number of aromatic nitrogens is 2. The van der Waals surface area contributed by atoms with Crippen molar-refractivity contribution in [2.45, 2.75) is 38.3 Å². The Kier molecular flexibility index (Phi) is 5.46. The molecule has 1 aliphatic rings. The van der Waals surface area contributed by atoms with Crippen LogP contribution in [-0.4, -0.2) is 32.8 Å². The molecule has 1 saturated carbocycles. The molecule has 1 heterocycles. The van der Waals surface area contributed by atoms with Crippen LogP contribution in [-0.2, 0) is 11.3 Å². The van der Waals surface area contributed by atoms with Gasteiger partial charge >= 0.3 is 5.97 Å². The number of nitrogens with one attached hydrogen (secondary N) is 1. The van der Waals surface area contributed by atoms with Gasteiger partial charge in [-0.15, -0.1) is 0 Å². The zero-order valence-electron chi connectivity index (χ0n) is 14.3. The van der Waals surface area contributed by atoms with Crippen molar-refractivity contribution in [3.05, 3.63) is 64.1 Å². The predicted molar refractivity (Wildman–Crippen MR) is 94.9 cm³/mol. The highest BCUT2D eigenvalue weighted by Gasteiger charge is 2.27. The van der Waals surface area contributed by atoms with Crippen LogP contribution >= 0.6 is 0 Å². The first-order valence-corrected chi connectivity index (χ1v) is 8.68. The van der Waals surface area contributed by atoms with Gasteiger partial charge in [0.15, 0.2) is 0 Å². The fourth-order valence-corrected chi connectivity index (χ4v) is 3.18. The SMILES string of the molecule is O=C(NC1CCC(C(=O)O)CC1)c1ccc(=O)n(Cc2ccccc2)n1. The van der Waals surface area contributed by atoms with E-state index in [1.165, 1.54) is 16.8 Å². The summed E-state index contributed by atoms with van der Waals surface area (Å²) in [4.78, 5) is 35.4. The molecule has 1 aromatic carbocycles. The van der Waals surface area contributed by atoms with Crippen molar-refractivity contribution in [3.63, 3.8) is 0 Å². The second-order valence-electron chi connectivity index (χ2n) is 6.56. The Morgan fingerprint density at radius 3 is 2.42 bits per heavy atom. The summed E-state index contributed by atoms with van der Waals surface area (Å²) in [5.41, 5.74) is 0.833. The predicted octanol–water partition coefficient (Wildman–Crippen LogP) is 1.66. The van der Waals surface area contributed by atoms with Crippen LogP contribution in [0.15, 0.2) is 47.3 Å². The Morgan fingerprint density at radius 2 is 1.77 bits per heavy atom. The third kappa shape index (κ3) is 4.36. The normalized spacial score (nSPS) is 19.7. The second kappa shape index (κ2) is 7.95. The molecule has 7 nitrogen and oxygen atoms in total. The van der Waals surface area contributed by atoms with Gasteiger partial charge < -0.3 is 10.4 Å². The monoisotopic (exact) mass is 355 g/mol. The number of hydrogen-bond acceptors (Lipinski definition) is 4. The Bertz CT molecular complexity index is 839. The van der Waals surface area contributed by atoms with Crippen LogP contribution in [0.25, 0.3) is 0 Å². The van der Waals surface area contributed by atoms with E-state index >= 15 is 0 Å². The number of rotatable bonds is 5. The molecule has 2 N–H and O–H groups in total. The largest absolute Gasteiger partial charge is 0.481 e. The van der Waals surface area contributed by atoms with Crippen molar-refractivity contribution in [3.8, 4) is 0 Å². The average Bonchev–Trinajstić information content (AvgIpc) is 2.65. The molecule has 0 radical (unpaired) electrons. The number of amides is 1. The third-order valence-corrected chi connectivity index (χ3v) is 4.69. The van der Waals surface area contributed by atoms with Gasteiger partial charge in [-0.25, -0.2) is 4.68 Å². The molecule has 7 heteroatoms. The van der Waals surface area contributed by atoms with Crippen molar-refractivity contribution in [2.24, 2.45) is 5.92 Å². The van der Waals surface area contributed by atoms with Crippen LogP contribution in [0.2, 0.25) is 0 Å². The molecule has 0 aliphatic heterocycles. The molecular formula is C19H21N3O4. The molecule has 0 atom stereocenters. The fraction of sp³-hybridized carbons (Fsp3) is 0.368. The van der Waals surface area contributed by atoms with E-state index < -0.39 is 5.97 Å². The average molecular weight is 355 g/mol. The van der Waals surface area contributed by atoms with Gasteiger partial charge in [-0.1, -0.05) is 30.3 Å². The van der Waals surface area contributed by atoms with E-state index in [0.29, 0.717) is 32.2 Å². The highest BCUT2D eigenvalue weighted by Crippen LogP contribution is 2.24. The van der Waals surface area contributed by atoms with Crippen molar-refractivity contribution in [1.82, 2.24) is 15.1 Å². The number of aliphatic carboxylic acids is 1. The van der Waals surface area contributed by atoms with Gasteiger partial charge in [0.1, 0.15) is 5.69 Å². The van der Waals surface area contributed by atoms with Crippen molar-refractivity contribution < 1.29 is 14.7 Å². The molecule has 0 saturated heterocycles. The molecule has 0 bridgehead atoms. The fourth-order valence-electron chi connectivity index (χ4n) is 3.18. The quantitative estimate of drug-likeness (QED) is 0.849. The Balaban J connectivity index is 1.66. The summed E-state index contributed by atoms with van der Waals surface area (Å²) < 4.78 is 1.27. The number of carboxylic acids is 1. The van der Waals surface area contributed by atoms with E-state index in [1.807, 2.05) is 30.3 Å². The molecule has 0 unspecified atom stereocenters. The molecule has 1 aliphatic carbocycles. The number of nitrogens with zero attached hydrogens (tertiary/aromatic N) is 2. The first-order chi connectivity index (χ1) is 12.5. The standard InChI is InChI=1S/C19H21N3O4/c23-17-11-10-16(21-22(17)12-13-4-2-1-3-5-13)18(24)20-15-8-6-14(7-9-15)19(25)26/h1-5,10-11,14-15H,6-9,12H2,(H,20,24)(H,25,26).